The van der Waals surface area contributed by atoms with E-state index in [0.29, 0.717) is 28.3 Å². The zero-order valence-corrected chi connectivity index (χ0v) is 22.1. The summed E-state index contributed by atoms with van der Waals surface area (Å²) in [6.45, 7) is 2.08. The Morgan fingerprint density at radius 2 is 1.70 bits per heavy atom. The summed E-state index contributed by atoms with van der Waals surface area (Å²) in [6, 6.07) is 27.4. The van der Waals surface area contributed by atoms with Crippen LogP contribution in [0.2, 0.25) is 5.02 Å². The lowest BCUT2D eigenvalue weighted by Gasteiger charge is -2.26. The number of nitrogens with zero attached hydrogens (tertiary/aromatic N) is 7. The van der Waals surface area contributed by atoms with Gasteiger partial charge in [0.25, 0.3) is 0 Å². The van der Waals surface area contributed by atoms with Crippen LogP contribution in [0.4, 0.5) is 0 Å². The van der Waals surface area contributed by atoms with Crippen LogP contribution in [-0.2, 0) is 11.4 Å². The Morgan fingerprint density at radius 1 is 0.950 bits per heavy atom. The minimum Gasteiger partial charge on any atom is -0.420 e. The van der Waals surface area contributed by atoms with E-state index in [1.165, 1.54) is 0 Å². The molecule has 1 atom stereocenters. The monoisotopic (exact) mass is 547 g/mol. The van der Waals surface area contributed by atoms with Crippen LogP contribution in [0.15, 0.2) is 96.4 Å². The molecule has 0 N–H and O–H groups in total. The van der Waals surface area contributed by atoms with Gasteiger partial charge in [0.2, 0.25) is 11.8 Å². The smallest absolute Gasteiger partial charge is 0.230 e. The van der Waals surface area contributed by atoms with Crippen molar-refractivity contribution in [1.29, 1.82) is 0 Å². The molecule has 6 aromatic rings. The van der Waals surface area contributed by atoms with Crippen LogP contribution in [0.5, 0.6) is 11.8 Å². The summed E-state index contributed by atoms with van der Waals surface area (Å²) in [7, 11) is 0. The lowest BCUT2D eigenvalue weighted by atomic mass is 9.84. The minimum atomic E-state index is -0.265. The number of ether oxygens (including phenoxy) is 1. The molecule has 0 amide bonds. The third-order valence-electron chi connectivity index (χ3n) is 6.74. The maximum atomic E-state index is 6.45. The fourth-order valence-corrected chi connectivity index (χ4v) is 5.07. The molecular weight excluding hydrogens is 526 g/mol. The van der Waals surface area contributed by atoms with Crippen LogP contribution < -0.4 is 4.74 Å². The van der Waals surface area contributed by atoms with Gasteiger partial charge in [-0.1, -0.05) is 77.4 Å². The highest BCUT2D eigenvalue weighted by Crippen LogP contribution is 2.49. The molecule has 0 aliphatic carbocycles. The molecule has 0 saturated carbocycles. The van der Waals surface area contributed by atoms with Crippen LogP contribution in [-0.4, -0.2) is 35.6 Å². The number of aromatic nitrogens is 6. The Kier molecular flexibility index (Phi) is 5.98. The second kappa shape index (κ2) is 9.94. The first-order valence-corrected chi connectivity index (χ1v) is 13.1. The van der Waals surface area contributed by atoms with Crippen molar-refractivity contribution in [3.8, 4) is 17.4 Å². The minimum absolute atomic E-state index is 0.0997. The van der Waals surface area contributed by atoms with E-state index in [1.807, 2.05) is 96.5 Å². The lowest BCUT2D eigenvalue weighted by Crippen LogP contribution is -2.16. The number of halogens is 1. The van der Waals surface area contributed by atoms with E-state index < -0.39 is 0 Å². The van der Waals surface area contributed by atoms with Crippen molar-refractivity contribution in [3.05, 3.63) is 130 Å². The van der Waals surface area contributed by atoms with Gasteiger partial charge in [0, 0.05) is 5.02 Å². The average molecular weight is 548 g/mol. The average Bonchev–Trinajstić information content (AvgIpc) is 3.56. The standard InChI is InChI=1S/C30H22ClN7O2/c1-19-25-26(21-12-14-22(31)15-13-21)27-28-34-24(17-39-33-16-20-8-4-2-5-9-20)36-37(28)18-32-29(27)40-30(25)38(35-19)23-10-6-3-7-11-23/h2-16,18,26H,17H2,1H3. The van der Waals surface area contributed by atoms with Crippen molar-refractivity contribution in [2.45, 2.75) is 19.4 Å². The van der Waals surface area contributed by atoms with Crippen LogP contribution >= 0.6 is 11.6 Å². The number of rotatable bonds is 6. The number of hydrogen-bond donors (Lipinski definition) is 0. The van der Waals surface area contributed by atoms with Gasteiger partial charge in [0.15, 0.2) is 18.1 Å². The van der Waals surface area contributed by atoms with Crippen LogP contribution in [0.1, 0.15) is 39.7 Å². The molecule has 1 aliphatic heterocycles. The molecule has 3 aromatic carbocycles. The van der Waals surface area contributed by atoms with Crippen molar-refractivity contribution in [3.63, 3.8) is 0 Å². The second-order valence-electron chi connectivity index (χ2n) is 9.32. The zero-order chi connectivity index (χ0) is 27.1. The summed E-state index contributed by atoms with van der Waals surface area (Å²) in [4.78, 5) is 14.9. The molecule has 1 aliphatic rings. The van der Waals surface area contributed by atoms with Gasteiger partial charge in [0.1, 0.15) is 6.33 Å². The Balaban J connectivity index is 1.31. The molecule has 10 heteroatoms. The first kappa shape index (κ1) is 24.1. The molecule has 0 spiro atoms. The number of para-hydroxylation sites is 1. The van der Waals surface area contributed by atoms with Crippen LogP contribution in [0.3, 0.4) is 0 Å². The fraction of sp³-hybridized carbons (Fsp3) is 0.100. The topological polar surface area (TPSA) is 91.7 Å². The Labute approximate surface area is 234 Å². The molecule has 3 aromatic heterocycles. The Morgan fingerprint density at radius 3 is 2.48 bits per heavy atom. The second-order valence-corrected chi connectivity index (χ2v) is 9.75. The fourth-order valence-electron chi connectivity index (χ4n) is 4.95. The van der Waals surface area contributed by atoms with Gasteiger partial charge >= 0.3 is 0 Å². The number of aryl methyl sites for hydroxylation is 1. The predicted octanol–water partition coefficient (Wildman–Crippen LogP) is 6.11. The Hall–Kier alpha value is -5.02. The van der Waals surface area contributed by atoms with E-state index in [9.17, 15) is 0 Å². The maximum absolute atomic E-state index is 6.45. The van der Waals surface area contributed by atoms with Crippen molar-refractivity contribution in [2.75, 3.05) is 0 Å². The van der Waals surface area contributed by atoms with E-state index in [4.69, 9.17) is 31.3 Å². The van der Waals surface area contributed by atoms with E-state index in [-0.39, 0.29) is 12.5 Å². The van der Waals surface area contributed by atoms with E-state index >= 15 is 0 Å². The molecule has 40 heavy (non-hydrogen) atoms. The molecular formula is C30H22ClN7O2. The highest BCUT2D eigenvalue weighted by Gasteiger charge is 2.38. The third kappa shape index (κ3) is 4.26. The Bertz CT molecular complexity index is 1850. The van der Waals surface area contributed by atoms with Gasteiger partial charge in [-0.05, 0) is 42.3 Å². The summed E-state index contributed by atoms with van der Waals surface area (Å²) in [5.41, 5.74) is 6.02. The third-order valence-corrected chi connectivity index (χ3v) is 6.99. The molecule has 0 fully saturated rings. The lowest BCUT2D eigenvalue weighted by molar-refractivity contribution is 0.126. The van der Waals surface area contributed by atoms with Crippen molar-refractivity contribution >= 4 is 23.5 Å². The largest absolute Gasteiger partial charge is 0.420 e. The van der Waals surface area contributed by atoms with Gasteiger partial charge in [0.05, 0.1) is 34.6 Å². The maximum Gasteiger partial charge on any atom is 0.230 e. The van der Waals surface area contributed by atoms with Crippen LogP contribution in [0, 0.1) is 6.92 Å². The molecule has 196 valence electrons. The van der Waals surface area contributed by atoms with Crippen LogP contribution in [0.25, 0.3) is 11.3 Å². The van der Waals surface area contributed by atoms with E-state index in [2.05, 4.69) is 15.2 Å². The summed E-state index contributed by atoms with van der Waals surface area (Å²) in [5, 5.41) is 14.2. The summed E-state index contributed by atoms with van der Waals surface area (Å²) >= 11 is 6.26. The summed E-state index contributed by atoms with van der Waals surface area (Å²) in [5.74, 6) is 1.27. The number of fused-ring (bicyclic) bond motifs is 4. The molecule has 1 unspecified atom stereocenters. The number of hydrogen-bond acceptors (Lipinski definition) is 7. The van der Waals surface area contributed by atoms with Crippen molar-refractivity contribution in [1.82, 2.24) is 29.4 Å². The zero-order valence-electron chi connectivity index (χ0n) is 21.3. The first-order valence-electron chi connectivity index (χ1n) is 12.7. The van der Waals surface area contributed by atoms with Gasteiger partial charge < -0.3 is 9.57 Å². The predicted molar refractivity (Wildman–Crippen MR) is 150 cm³/mol. The molecule has 0 radical (unpaired) electrons. The van der Waals surface area contributed by atoms with Gasteiger partial charge in [-0.25, -0.2) is 19.2 Å². The summed E-state index contributed by atoms with van der Waals surface area (Å²) in [6.07, 6.45) is 3.25. The van der Waals surface area contributed by atoms with E-state index in [0.717, 1.165) is 33.6 Å². The SMILES string of the molecule is Cc1nn(-c2ccccc2)c2c1C(c1ccc(Cl)cc1)c1c(ncn3nc(CON=Cc4ccccc4)nc13)O2. The quantitative estimate of drug-likeness (QED) is 0.184. The first-order chi connectivity index (χ1) is 19.7. The van der Waals surface area contributed by atoms with Gasteiger partial charge in [-0.3, -0.25) is 0 Å². The summed E-state index contributed by atoms with van der Waals surface area (Å²) < 4.78 is 9.91. The molecule has 0 bridgehead atoms. The van der Waals surface area contributed by atoms with E-state index in [1.54, 1.807) is 17.1 Å². The molecule has 0 saturated heterocycles. The molecule has 7 rings (SSSR count). The number of oxime groups is 1. The van der Waals surface area contributed by atoms with Crippen molar-refractivity contribution < 1.29 is 9.57 Å². The van der Waals surface area contributed by atoms with Crippen molar-refractivity contribution in [2.24, 2.45) is 5.16 Å². The highest BCUT2D eigenvalue weighted by atomic mass is 35.5. The van der Waals surface area contributed by atoms with Gasteiger partial charge in [-0.2, -0.15) is 5.10 Å². The molecule has 9 nitrogen and oxygen atoms in total. The molecule has 4 heterocycles. The van der Waals surface area contributed by atoms with Gasteiger partial charge in [-0.15, -0.1) is 5.10 Å². The number of benzene rings is 3. The normalized spacial score (nSPS) is 14.2. The highest BCUT2D eigenvalue weighted by molar-refractivity contribution is 6.30.